The number of hydrogen-bond donors (Lipinski definition) is 2. The van der Waals surface area contributed by atoms with Gasteiger partial charge in [-0.3, -0.25) is 4.79 Å². The van der Waals surface area contributed by atoms with Crippen LogP contribution in [0, 0.1) is 0 Å². The summed E-state index contributed by atoms with van der Waals surface area (Å²) in [7, 11) is 0. The van der Waals surface area contributed by atoms with Crippen LogP contribution in [0.5, 0.6) is 5.06 Å². The third kappa shape index (κ3) is 1.22. The second kappa shape index (κ2) is 3.05. The average Bonchev–Trinajstić information content (AvgIpc) is 2.43. The van der Waals surface area contributed by atoms with Crippen molar-refractivity contribution in [1.29, 1.82) is 0 Å². The quantitative estimate of drug-likeness (QED) is 0.561. The predicted octanol–water partition coefficient (Wildman–Crippen LogP) is 2.71. The summed E-state index contributed by atoms with van der Waals surface area (Å²) in [5.41, 5.74) is 0.595. The van der Waals surface area contributed by atoms with E-state index >= 15 is 0 Å². The molecule has 0 spiro atoms. The Kier molecular flexibility index (Phi) is 2.01. The number of aldehydes is 1. The van der Waals surface area contributed by atoms with E-state index in [4.69, 9.17) is 0 Å². The third-order valence-electron chi connectivity index (χ3n) is 1.83. The van der Waals surface area contributed by atoms with E-state index in [9.17, 15) is 9.90 Å². The first kappa shape index (κ1) is 8.59. The van der Waals surface area contributed by atoms with E-state index in [-0.39, 0.29) is 5.06 Å². The summed E-state index contributed by atoms with van der Waals surface area (Å²) in [4.78, 5) is 11.2. The number of hydrogen-bond acceptors (Lipinski definition) is 4. The molecule has 1 heterocycles. The first-order valence-corrected chi connectivity index (χ1v) is 4.89. The molecule has 1 aromatic carbocycles. The van der Waals surface area contributed by atoms with Gasteiger partial charge in [-0.1, -0.05) is 29.5 Å². The molecule has 0 aliphatic heterocycles. The second-order valence-corrected chi connectivity index (χ2v) is 4.04. The maximum absolute atomic E-state index is 10.6. The van der Waals surface area contributed by atoms with E-state index in [1.165, 1.54) is 11.3 Å². The molecule has 0 radical (unpaired) electrons. The second-order valence-electron chi connectivity index (χ2n) is 2.60. The van der Waals surface area contributed by atoms with Crippen molar-refractivity contribution in [2.45, 2.75) is 4.90 Å². The Hall–Kier alpha value is -1.00. The molecule has 1 aromatic heterocycles. The fourth-order valence-electron chi connectivity index (χ4n) is 1.21. The van der Waals surface area contributed by atoms with Crippen molar-refractivity contribution in [3.05, 3.63) is 23.8 Å². The number of carbonyl (C=O) groups excluding carboxylic acids is 1. The Labute approximate surface area is 84.2 Å². The van der Waals surface area contributed by atoms with Crippen LogP contribution in [0.4, 0.5) is 0 Å². The van der Waals surface area contributed by atoms with Gasteiger partial charge in [0.15, 0.2) is 11.3 Å². The van der Waals surface area contributed by atoms with Crippen molar-refractivity contribution in [3.8, 4) is 5.06 Å². The van der Waals surface area contributed by atoms with Crippen LogP contribution in [-0.2, 0) is 0 Å². The largest absolute Gasteiger partial charge is 0.499 e. The van der Waals surface area contributed by atoms with Crippen molar-refractivity contribution in [2.24, 2.45) is 0 Å². The molecule has 66 valence electrons. The molecule has 2 rings (SSSR count). The molecule has 0 unspecified atom stereocenters. The molecular formula is C9H6O2S2. The van der Waals surface area contributed by atoms with Gasteiger partial charge in [-0.25, -0.2) is 0 Å². The van der Waals surface area contributed by atoms with Gasteiger partial charge in [-0.15, -0.1) is 12.6 Å². The maximum atomic E-state index is 10.6. The van der Waals surface area contributed by atoms with E-state index < -0.39 is 0 Å². The van der Waals surface area contributed by atoms with Crippen molar-refractivity contribution < 1.29 is 9.90 Å². The van der Waals surface area contributed by atoms with Gasteiger partial charge in [0.05, 0.1) is 4.90 Å². The van der Waals surface area contributed by atoms with Gasteiger partial charge in [0.25, 0.3) is 0 Å². The molecule has 1 N–H and O–H groups in total. The van der Waals surface area contributed by atoms with Crippen LogP contribution in [0.1, 0.15) is 10.4 Å². The van der Waals surface area contributed by atoms with Crippen LogP contribution in [0.15, 0.2) is 23.1 Å². The topological polar surface area (TPSA) is 37.3 Å². The molecule has 2 aromatic rings. The number of benzene rings is 1. The van der Waals surface area contributed by atoms with Gasteiger partial charge in [0.1, 0.15) is 0 Å². The lowest BCUT2D eigenvalue weighted by molar-refractivity contribution is 0.112. The van der Waals surface area contributed by atoms with E-state index in [1.807, 2.05) is 6.07 Å². The molecule has 0 bridgehead atoms. The average molecular weight is 210 g/mol. The highest BCUT2D eigenvalue weighted by Crippen LogP contribution is 2.40. The van der Waals surface area contributed by atoms with E-state index in [1.54, 1.807) is 12.1 Å². The van der Waals surface area contributed by atoms with Crippen LogP contribution in [-0.4, -0.2) is 11.4 Å². The highest BCUT2D eigenvalue weighted by atomic mass is 32.1. The molecular weight excluding hydrogens is 204 g/mol. The molecule has 0 amide bonds. The zero-order chi connectivity index (χ0) is 9.42. The summed E-state index contributed by atoms with van der Waals surface area (Å²) < 4.78 is 0.792. The summed E-state index contributed by atoms with van der Waals surface area (Å²) in [6.07, 6.45) is 0.783. The standard InChI is InChI=1S/C9H6O2S2/c10-4-5-2-1-3-6-7(12)9(11)13-8(5)6/h1-4,11-12H. The van der Waals surface area contributed by atoms with Crippen LogP contribution >= 0.6 is 24.0 Å². The summed E-state index contributed by atoms with van der Waals surface area (Å²) in [6, 6.07) is 5.33. The maximum Gasteiger partial charge on any atom is 0.186 e. The molecule has 0 saturated heterocycles. The number of thiol groups is 1. The zero-order valence-corrected chi connectivity index (χ0v) is 8.23. The van der Waals surface area contributed by atoms with Gasteiger partial charge in [-0.2, -0.15) is 0 Å². The normalized spacial score (nSPS) is 10.5. The van der Waals surface area contributed by atoms with Gasteiger partial charge >= 0.3 is 0 Å². The van der Waals surface area contributed by atoms with Crippen LogP contribution in [0.2, 0.25) is 0 Å². The molecule has 0 aliphatic rings. The highest BCUT2D eigenvalue weighted by Gasteiger charge is 2.10. The Bertz CT molecular complexity index is 474. The van der Waals surface area contributed by atoms with Gasteiger partial charge < -0.3 is 5.11 Å². The van der Waals surface area contributed by atoms with E-state index in [0.717, 1.165) is 16.4 Å². The van der Waals surface area contributed by atoms with Crippen molar-refractivity contribution >= 4 is 40.3 Å². The molecule has 2 nitrogen and oxygen atoms in total. The first-order valence-electron chi connectivity index (χ1n) is 3.62. The Morgan fingerprint density at radius 1 is 1.46 bits per heavy atom. The number of thiophene rings is 1. The lowest BCUT2D eigenvalue weighted by atomic mass is 10.2. The van der Waals surface area contributed by atoms with Crippen molar-refractivity contribution in [1.82, 2.24) is 0 Å². The highest BCUT2D eigenvalue weighted by molar-refractivity contribution is 7.81. The summed E-state index contributed by atoms with van der Waals surface area (Å²) >= 11 is 5.32. The van der Waals surface area contributed by atoms with Gasteiger partial charge in [-0.05, 0) is 0 Å². The molecule has 4 heteroatoms. The fraction of sp³-hybridized carbons (Fsp3) is 0. The Morgan fingerprint density at radius 2 is 2.23 bits per heavy atom. The van der Waals surface area contributed by atoms with Crippen molar-refractivity contribution in [2.75, 3.05) is 0 Å². The molecule has 0 atom stereocenters. The Morgan fingerprint density at radius 3 is 2.92 bits per heavy atom. The number of rotatable bonds is 1. The minimum atomic E-state index is 0.160. The summed E-state index contributed by atoms with van der Waals surface area (Å²) in [5.74, 6) is 0. The van der Waals surface area contributed by atoms with E-state index in [2.05, 4.69) is 12.6 Å². The lowest BCUT2D eigenvalue weighted by Gasteiger charge is -1.92. The molecule has 0 aliphatic carbocycles. The van der Waals surface area contributed by atoms with Gasteiger partial charge in [0, 0.05) is 15.6 Å². The smallest absolute Gasteiger partial charge is 0.186 e. The van der Waals surface area contributed by atoms with Gasteiger partial charge in [0.2, 0.25) is 0 Å². The van der Waals surface area contributed by atoms with Crippen LogP contribution in [0.25, 0.3) is 10.1 Å². The minimum Gasteiger partial charge on any atom is -0.499 e. The number of carbonyl (C=O) groups is 1. The zero-order valence-electron chi connectivity index (χ0n) is 6.52. The number of aromatic hydroxyl groups is 1. The Balaban J connectivity index is 2.92. The lowest BCUT2D eigenvalue weighted by Crippen LogP contribution is -1.77. The molecule has 0 saturated carbocycles. The minimum absolute atomic E-state index is 0.160. The van der Waals surface area contributed by atoms with Crippen molar-refractivity contribution in [3.63, 3.8) is 0 Å². The number of fused-ring (bicyclic) bond motifs is 1. The monoisotopic (exact) mass is 210 g/mol. The SMILES string of the molecule is O=Cc1cccc2c(S)c(O)sc12. The van der Waals surface area contributed by atoms with E-state index in [0.29, 0.717) is 10.5 Å². The fourth-order valence-corrected chi connectivity index (χ4v) is 2.52. The molecule has 0 fully saturated rings. The molecule has 13 heavy (non-hydrogen) atoms. The third-order valence-corrected chi connectivity index (χ3v) is 3.49. The first-order chi connectivity index (χ1) is 6.24. The summed E-state index contributed by atoms with van der Waals surface area (Å²) in [6.45, 7) is 0. The summed E-state index contributed by atoms with van der Waals surface area (Å²) in [5, 5.41) is 10.4. The predicted molar refractivity (Wildman–Crippen MR) is 56.1 cm³/mol. The van der Waals surface area contributed by atoms with Crippen LogP contribution < -0.4 is 0 Å². The van der Waals surface area contributed by atoms with Crippen LogP contribution in [0.3, 0.4) is 0 Å².